The van der Waals surface area contributed by atoms with E-state index in [1.807, 2.05) is 6.07 Å². The Morgan fingerprint density at radius 1 is 1.14 bits per heavy atom. The quantitative estimate of drug-likeness (QED) is 0.756. The number of rotatable bonds is 5. The molecular weight excluding hydrogens is 308 g/mol. The Bertz CT molecular complexity index is 257. The summed E-state index contributed by atoms with van der Waals surface area (Å²) >= 11 is 7.12. The highest BCUT2D eigenvalue weighted by atomic mass is 79.9. The van der Waals surface area contributed by atoms with Gasteiger partial charge in [-0.1, -0.05) is 62.2 Å². The van der Waals surface area contributed by atoms with Gasteiger partial charge in [0.1, 0.15) is 0 Å². The van der Waals surface area contributed by atoms with Crippen molar-refractivity contribution in [3.05, 3.63) is 35.9 Å². The maximum atomic E-state index is 5.28. The number of ether oxygens (including phenoxy) is 1. The van der Waals surface area contributed by atoms with Crippen molar-refractivity contribution in [1.29, 1.82) is 0 Å². The van der Waals surface area contributed by atoms with Crippen LogP contribution in [-0.4, -0.2) is 24.4 Å². The average molecular weight is 322 g/mol. The van der Waals surface area contributed by atoms with E-state index in [0.717, 1.165) is 10.7 Å². The Hall–Kier alpha value is 0.140. The second kappa shape index (κ2) is 5.89. The molecule has 0 fully saturated rings. The molecule has 0 unspecified atom stereocenters. The minimum absolute atomic E-state index is 0.0377. The zero-order chi connectivity index (χ0) is 10.4. The first-order chi connectivity index (χ1) is 6.79. The second-order valence-electron chi connectivity index (χ2n) is 3.35. The predicted molar refractivity (Wildman–Crippen MR) is 67.6 cm³/mol. The van der Waals surface area contributed by atoms with Crippen LogP contribution in [0.5, 0.6) is 0 Å². The molecule has 0 heterocycles. The summed E-state index contributed by atoms with van der Waals surface area (Å²) in [7, 11) is 1.74. The van der Waals surface area contributed by atoms with Crippen LogP contribution in [0.2, 0.25) is 0 Å². The van der Waals surface area contributed by atoms with Crippen LogP contribution in [0.4, 0.5) is 0 Å². The second-order valence-corrected chi connectivity index (χ2v) is 4.47. The fraction of sp³-hybridized carbons (Fsp3) is 0.455. The molecule has 0 atom stereocenters. The lowest BCUT2D eigenvalue weighted by Gasteiger charge is -2.29. The third kappa shape index (κ3) is 2.59. The van der Waals surface area contributed by atoms with Crippen LogP contribution >= 0.6 is 31.9 Å². The Kier molecular flexibility index (Phi) is 5.13. The lowest BCUT2D eigenvalue weighted by molar-refractivity contribution is 0.152. The van der Waals surface area contributed by atoms with Crippen LogP contribution in [-0.2, 0) is 10.2 Å². The molecule has 1 aromatic carbocycles. The molecular formula is C11H14Br2O. The molecule has 14 heavy (non-hydrogen) atoms. The Labute approximate surface area is 102 Å². The summed E-state index contributed by atoms with van der Waals surface area (Å²) in [4.78, 5) is 0. The third-order valence-corrected chi connectivity index (χ3v) is 4.47. The van der Waals surface area contributed by atoms with Crippen molar-refractivity contribution in [3.63, 3.8) is 0 Å². The maximum Gasteiger partial charge on any atom is 0.0575 e. The fourth-order valence-electron chi connectivity index (χ4n) is 1.42. The smallest absolute Gasteiger partial charge is 0.0575 e. The van der Waals surface area contributed by atoms with E-state index >= 15 is 0 Å². The van der Waals surface area contributed by atoms with Gasteiger partial charge in [0.05, 0.1) is 6.61 Å². The fourth-order valence-corrected chi connectivity index (χ4v) is 3.32. The molecule has 0 aliphatic carbocycles. The van der Waals surface area contributed by atoms with Gasteiger partial charge in [-0.15, -0.1) is 0 Å². The van der Waals surface area contributed by atoms with E-state index in [0.29, 0.717) is 6.61 Å². The molecule has 0 radical (unpaired) electrons. The van der Waals surface area contributed by atoms with Gasteiger partial charge in [-0.25, -0.2) is 0 Å². The minimum Gasteiger partial charge on any atom is -0.384 e. The lowest BCUT2D eigenvalue weighted by Crippen LogP contribution is -2.35. The van der Waals surface area contributed by atoms with E-state index in [1.54, 1.807) is 7.11 Å². The van der Waals surface area contributed by atoms with E-state index in [4.69, 9.17) is 4.74 Å². The Morgan fingerprint density at radius 2 is 1.71 bits per heavy atom. The van der Waals surface area contributed by atoms with Crippen LogP contribution < -0.4 is 0 Å². The molecule has 78 valence electrons. The molecule has 0 aromatic heterocycles. The predicted octanol–water partition coefficient (Wildman–Crippen LogP) is 3.36. The van der Waals surface area contributed by atoms with Gasteiger partial charge in [0.2, 0.25) is 0 Å². The van der Waals surface area contributed by atoms with E-state index in [9.17, 15) is 0 Å². The molecule has 0 aliphatic rings. The van der Waals surface area contributed by atoms with E-state index in [-0.39, 0.29) is 5.41 Å². The van der Waals surface area contributed by atoms with E-state index in [1.165, 1.54) is 5.56 Å². The van der Waals surface area contributed by atoms with Gasteiger partial charge in [0, 0.05) is 23.2 Å². The van der Waals surface area contributed by atoms with Crippen molar-refractivity contribution in [2.75, 3.05) is 24.4 Å². The van der Waals surface area contributed by atoms with Crippen molar-refractivity contribution in [2.45, 2.75) is 5.41 Å². The van der Waals surface area contributed by atoms with Gasteiger partial charge in [-0.3, -0.25) is 0 Å². The number of hydrogen-bond donors (Lipinski definition) is 0. The average Bonchev–Trinajstić information content (AvgIpc) is 2.27. The Morgan fingerprint density at radius 3 is 2.14 bits per heavy atom. The number of alkyl halides is 2. The topological polar surface area (TPSA) is 9.23 Å². The first-order valence-corrected chi connectivity index (χ1v) is 6.70. The summed E-state index contributed by atoms with van der Waals surface area (Å²) in [5.41, 5.74) is 1.34. The molecule has 0 amide bonds. The zero-order valence-electron chi connectivity index (χ0n) is 8.17. The van der Waals surface area contributed by atoms with Gasteiger partial charge in [0.25, 0.3) is 0 Å². The molecule has 1 nitrogen and oxygen atoms in total. The summed E-state index contributed by atoms with van der Waals surface area (Å²) in [5, 5.41) is 1.78. The molecule has 0 saturated carbocycles. The SMILES string of the molecule is COCC(CBr)(CBr)c1ccccc1. The molecule has 1 aromatic rings. The summed E-state index contributed by atoms with van der Waals surface area (Å²) in [6.07, 6.45) is 0. The van der Waals surface area contributed by atoms with Crippen LogP contribution in [0.1, 0.15) is 5.56 Å². The van der Waals surface area contributed by atoms with Gasteiger partial charge >= 0.3 is 0 Å². The highest BCUT2D eigenvalue weighted by Gasteiger charge is 2.29. The molecule has 0 aliphatic heterocycles. The van der Waals surface area contributed by atoms with Crippen molar-refractivity contribution >= 4 is 31.9 Å². The van der Waals surface area contributed by atoms with Crippen molar-refractivity contribution < 1.29 is 4.74 Å². The Balaban J connectivity index is 2.98. The number of hydrogen-bond acceptors (Lipinski definition) is 1. The maximum absolute atomic E-state index is 5.28. The normalized spacial score (nSPS) is 11.6. The van der Waals surface area contributed by atoms with Crippen molar-refractivity contribution in [2.24, 2.45) is 0 Å². The van der Waals surface area contributed by atoms with Crippen LogP contribution in [0.15, 0.2) is 30.3 Å². The van der Waals surface area contributed by atoms with Crippen LogP contribution in [0.25, 0.3) is 0 Å². The van der Waals surface area contributed by atoms with Crippen LogP contribution in [0, 0.1) is 0 Å². The zero-order valence-corrected chi connectivity index (χ0v) is 11.3. The summed E-state index contributed by atoms with van der Waals surface area (Å²) in [6, 6.07) is 10.4. The largest absolute Gasteiger partial charge is 0.384 e. The van der Waals surface area contributed by atoms with Crippen molar-refractivity contribution in [1.82, 2.24) is 0 Å². The summed E-state index contributed by atoms with van der Waals surface area (Å²) in [6.45, 7) is 0.716. The monoisotopic (exact) mass is 320 g/mol. The molecule has 1 rings (SSSR count). The first kappa shape index (κ1) is 12.2. The first-order valence-electron chi connectivity index (χ1n) is 4.45. The summed E-state index contributed by atoms with van der Waals surface area (Å²) < 4.78 is 5.28. The molecule has 0 saturated heterocycles. The minimum atomic E-state index is 0.0377. The van der Waals surface area contributed by atoms with Gasteiger partial charge < -0.3 is 4.74 Å². The lowest BCUT2D eigenvalue weighted by atomic mass is 9.85. The van der Waals surface area contributed by atoms with Gasteiger partial charge in [-0.2, -0.15) is 0 Å². The highest BCUT2D eigenvalue weighted by molar-refractivity contribution is 9.09. The van der Waals surface area contributed by atoms with E-state index < -0.39 is 0 Å². The standard InChI is InChI=1S/C11H14Br2O/c1-14-9-11(7-12,8-13)10-5-3-2-4-6-10/h2-6H,7-9H2,1H3. The third-order valence-electron chi connectivity index (χ3n) is 2.32. The van der Waals surface area contributed by atoms with Gasteiger partial charge in [0.15, 0.2) is 0 Å². The number of halogens is 2. The van der Waals surface area contributed by atoms with E-state index in [2.05, 4.69) is 56.1 Å². The molecule has 0 N–H and O–H groups in total. The number of methoxy groups -OCH3 is 1. The molecule has 3 heteroatoms. The van der Waals surface area contributed by atoms with Gasteiger partial charge in [-0.05, 0) is 5.56 Å². The summed E-state index contributed by atoms with van der Waals surface area (Å²) in [5.74, 6) is 0. The number of benzene rings is 1. The van der Waals surface area contributed by atoms with Crippen LogP contribution in [0.3, 0.4) is 0 Å². The highest BCUT2D eigenvalue weighted by Crippen LogP contribution is 2.28. The van der Waals surface area contributed by atoms with Crippen molar-refractivity contribution in [3.8, 4) is 0 Å². The molecule has 0 spiro atoms. The molecule has 0 bridgehead atoms.